The Balaban J connectivity index is 0.000000152. The molecular weight excluding hydrogens is 635 g/mol. The van der Waals surface area contributed by atoms with Gasteiger partial charge in [0.1, 0.15) is 0 Å². The van der Waals surface area contributed by atoms with Crippen LogP contribution in [-0.2, 0) is 19.8 Å². The Hall–Kier alpha value is -4.46. The molecule has 0 radical (unpaired) electrons. The van der Waals surface area contributed by atoms with Crippen LogP contribution in [0.15, 0.2) is 184 Å². The fraction of sp³-hybridized carbons (Fsp3) is 0. The van der Waals surface area contributed by atoms with Gasteiger partial charge in [-0.25, -0.2) is 0 Å². The number of hydrogen-bond donors (Lipinski definition) is 0. The maximum absolute atomic E-state index is 2.00. The van der Waals surface area contributed by atoms with E-state index in [0.29, 0.717) is 0 Å². The summed E-state index contributed by atoms with van der Waals surface area (Å²) in [5.41, 5.74) is 0. The predicted octanol–water partition coefficient (Wildman–Crippen LogP) is 1.72. The van der Waals surface area contributed by atoms with E-state index in [9.17, 15) is 0 Å². The van der Waals surface area contributed by atoms with Crippen molar-refractivity contribution in [2.24, 2.45) is 0 Å². The molecule has 0 atom stereocenters. The molecule has 0 N–H and O–H groups in total. The zero-order chi connectivity index (χ0) is 24.7. The Morgan fingerprint density at radius 3 is 0.378 bits per heavy atom. The monoisotopic (exact) mass is 666 g/mol. The van der Waals surface area contributed by atoms with Crippen LogP contribution in [0.5, 0.6) is 0 Å². The third-order valence-corrected chi connectivity index (χ3v) is 5.00. The molecule has 37 heavy (non-hydrogen) atoms. The van der Waals surface area contributed by atoms with Crippen LogP contribution >= 0.6 is 0 Å². The van der Waals surface area contributed by atoms with Crippen LogP contribution in [0.4, 0.5) is 0 Å². The largest absolute Gasteiger partial charge is 4.00 e. The molecule has 0 fully saturated rings. The maximum atomic E-state index is 2.00. The quantitative estimate of drug-likeness (QED) is 0.258. The molecule has 0 bridgehead atoms. The Morgan fingerprint density at radius 2 is 0.270 bits per heavy atom. The van der Waals surface area contributed by atoms with Gasteiger partial charge in [0.15, 0.2) is 0 Å². The number of rotatable bonds is 3. The molecule has 0 aliphatic carbocycles. The summed E-state index contributed by atoms with van der Waals surface area (Å²) in [6.45, 7) is 0. The van der Waals surface area contributed by atoms with Crippen LogP contribution in [0, 0.1) is 0 Å². The molecule has 0 aliphatic rings. The van der Waals surface area contributed by atoms with Gasteiger partial charge in [0.25, 0.3) is 0 Å². The molecule has 6 aromatic heterocycles. The van der Waals surface area contributed by atoms with Crippen LogP contribution < -0.4 is 28.1 Å². The topological polar surface area (TPSA) is 23.3 Å². The van der Waals surface area contributed by atoms with Crippen molar-refractivity contribution in [1.29, 1.82) is 0 Å². The van der Waals surface area contributed by atoms with Crippen LogP contribution in [0.25, 0.3) is 0 Å². The van der Waals surface area contributed by atoms with E-state index in [4.69, 9.17) is 0 Å². The second kappa shape index (κ2) is 15.5. The molecule has 6 rings (SSSR count). The van der Waals surface area contributed by atoms with E-state index in [1.54, 1.807) is 0 Å². The Kier molecular flexibility index (Phi) is 11.4. The first-order valence-electron chi connectivity index (χ1n) is 11.7. The van der Waals surface area contributed by atoms with Crippen molar-refractivity contribution in [1.82, 2.24) is 0 Å². The van der Waals surface area contributed by atoms with E-state index >= 15 is 0 Å². The van der Waals surface area contributed by atoms with Crippen molar-refractivity contribution in [2.75, 3.05) is 0 Å². The van der Waals surface area contributed by atoms with Crippen molar-refractivity contribution in [2.45, 2.75) is 0 Å². The van der Waals surface area contributed by atoms with E-state index in [1.807, 2.05) is 212 Å². The number of nitrogens with zero attached hydrogens (tertiary/aromatic N) is 6. The fourth-order valence-corrected chi connectivity index (χ4v) is 3.26. The minimum absolute atomic E-state index is 0. The molecule has 178 valence electrons. The van der Waals surface area contributed by atoms with Gasteiger partial charge in [0.2, 0.25) is 74.4 Å². The minimum atomic E-state index is 0. The first-order chi connectivity index (χ1) is 17.9. The second-order valence-electron chi connectivity index (χ2n) is 7.53. The molecule has 0 aliphatic heterocycles. The average molecular weight is 665 g/mol. The van der Waals surface area contributed by atoms with E-state index in [0.717, 1.165) is 0 Å². The third kappa shape index (κ3) is 8.92. The summed E-state index contributed by atoms with van der Waals surface area (Å²) in [4.78, 5) is 0. The smallest absolute Gasteiger partial charge is 0.0499 e. The molecule has 6 aromatic rings. The Labute approximate surface area is 230 Å². The zero-order valence-electron chi connectivity index (χ0n) is 20.4. The summed E-state index contributed by atoms with van der Waals surface area (Å²) in [7, 11) is 0. The Bertz CT molecular complexity index is 1100. The van der Waals surface area contributed by atoms with E-state index < -0.39 is 0 Å². The van der Waals surface area contributed by atoms with Gasteiger partial charge in [-0.15, -0.1) is 0 Å². The van der Waals surface area contributed by atoms with Crippen LogP contribution in [0.3, 0.4) is 0 Å². The first kappa shape index (κ1) is 27.1. The molecule has 6 heterocycles. The van der Waals surface area contributed by atoms with Gasteiger partial charge in [-0.2, -0.15) is 0 Å². The molecule has 7 heteroatoms. The van der Waals surface area contributed by atoms with Gasteiger partial charge in [-0.1, -0.05) is 0 Å². The van der Waals surface area contributed by atoms with Crippen LogP contribution in [0.1, 0.15) is 0 Å². The van der Waals surface area contributed by atoms with Gasteiger partial charge in [0, 0.05) is 72.8 Å². The van der Waals surface area contributed by atoms with Crippen LogP contribution in [-0.4, -0.2) is 0 Å². The van der Waals surface area contributed by atoms with Crippen molar-refractivity contribution >= 4 is 0 Å². The SMILES string of the molecule is [Os+4].c1cc[n+](-[n+]2ccccc2)cc1.c1cc[n+](-[n+]2ccccc2)cc1.c1cc[n+](-[n+]2ccccc2)cc1. The molecule has 0 aromatic carbocycles. The molecule has 0 amide bonds. The molecular formula is C30H30N6Os+10. The van der Waals surface area contributed by atoms with Crippen molar-refractivity contribution in [3.63, 3.8) is 0 Å². The predicted molar refractivity (Wildman–Crippen MR) is 132 cm³/mol. The number of pyridine rings is 6. The number of aromatic nitrogens is 6. The summed E-state index contributed by atoms with van der Waals surface area (Å²) in [5, 5.41) is 0. The van der Waals surface area contributed by atoms with E-state index in [-0.39, 0.29) is 19.8 Å². The zero-order valence-corrected chi connectivity index (χ0v) is 22.9. The van der Waals surface area contributed by atoms with E-state index in [1.165, 1.54) is 0 Å². The van der Waals surface area contributed by atoms with Gasteiger partial charge >= 0.3 is 19.8 Å². The Morgan fingerprint density at radius 1 is 0.162 bits per heavy atom. The summed E-state index contributed by atoms with van der Waals surface area (Å²) in [6.07, 6.45) is 24.0. The van der Waals surface area contributed by atoms with Crippen molar-refractivity contribution in [3.05, 3.63) is 184 Å². The molecule has 0 saturated carbocycles. The summed E-state index contributed by atoms with van der Waals surface area (Å²) < 4.78 is 12.0. The van der Waals surface area contributed by atoms with Gasteiger partial charge in [-0.05, 0) is 36.4 Å². The van der Waals surface area contributed by atoms with Crippen molar-refractivity contribution in [3.8, 4) is 0 Å². The molecule has 6 nitrogen and oxygen atoms in total. The van der Waals surface area contributed by atoms with Crippen LogP contribution in [0.2, 0.25) is 0 Å². The van der Waals surface area contributed by atoms with Gasteiger partial charge in [0.05, 0.1) is 28.1 Å². The first-order valence-corrected chi connectivity index (χ1v) is 11.7. The fourth-order valence-electron chi connectivity index (χ4n) is 3.26. The third-order valence-electron chi connectivity index (χ3n) is 5.00. The summed E-state index contributed by atoms with van der Waals surface area (Å²) >= 11 is 0. The summed E-state index contributed by atoms with van der Waals surface area (Å²) in [6, 6.07) is 36.0. The van der Waals surface area contributed by atoms with E-state index in [2.05, 4.69) is 0 Å². The minimum Gasteiger partial charge on any atom is -0.0499 e. The molecule has 0 unspecified atom stereocenters. The maximum Gasteiger partial charge on any atom is 4.00 e. The van der Waals surface area contributed by atoms with Gasteiger partial charge in [-0.3, -0.25) is 0 Å². The average Bonchev–Trinajstić information content (AvgIpc) is 3.01. The number of hydrogen-bond acceptors (Lipinski definition) is 0. The second-order valence-corrected chi connectivity index (χ2v) is 7.53. The normalized spacial score (nSPS) is 9.41. The molecule has 0 spiro atoms. The standard InChI is InChI=1S/3C10H10N2.Os/c3*1-3-7-11(8-4-1)12-9-5-2-6-10-12;/h3*1-10H;/q3*+2;+4. The summed E-state index contributed by atoms with van der Waals surface area (Å²) in [5.74, 6) is 0. The van der Waals surface area contributed by atoms with Gasteiger partial charge < -0.3 is 0 Å². The van der Waals surface area contributed by atoms with Crippen molar-refractivity contribution < 1.29 is 47.8 Å². The molecule has 0 saturated heterocycles.